The van der Waals surface area contributed by atoms with Crippen molar-refractivity contribution in [3.63, 3.8) is 0 Å². The van der Waals surface area contributed by atoms with Gasteiger partial charge in [0, 0.05) is 16.1 Å². The molecule has 0 radical (unpaired) electrons. The lowest BCUT2D eigenvalue weighted by Gasteiger charge is -2.07. The van der Waals surface area contributed by atoms with Gasteiger partial charge >= 0.3 is 0 Å². The summed E-state index contributed by atoms with van der Waals surface area (Å²) in [5, 5.41) is 9.91. The Labute approximate surface area is 155 Å². The van der Waals surface area contributed by atoms with Crippen LogP contribution in [-0.4, -0.2) is 20.7 Å². The Bertz CT molecular complexity index is 1100. The minimum absolute atomic E-state index is 0.116. The molecule has 1 amide bonds. The number of benzene rings is 3. The molecule has 6 heteroatoms. The quantitative estimate of drug-likeness (QED) is 0.577. The number of rotatable bonds is 3. The van der Waals surface area contributed by atoms with Gasteiger partial charge in [-0.05, 0) is 42.6 Å². The molecule has 3 aromatic carbocycles. The largest absolute Gasteiger partial charge is 0.319 e. The summed E-state index contributed by atoms with van der Waals surface area (Å²) in [5.41, 5.74) is 1.53. The van der Waals surface area contributed by atoms with E-state index in [0.29, 0.717) is 10.8 Å². The van der Waals surface area contributed by atoms with Crippen molar-refractivity contribution in [1.82, 2.24) is 14.8 Å². The molecule has 0 aliphatic heterocycles. The summed E-state index contributed by atoms with van der Waals surface area (Å²) in [6.07, 6.45) is 0. The normalized spacial score (nSPS) is 10.8. The van der Waals surface area contributed by atoms with E-state index in [1.807, 2.05) is 54.6 Å². The van der Waals surface area contributed by atoms with Crippen LogP contribution < -0.4 is 5.32 Å². The molecule has 4 rings (SSSR count). The molecule has 1 heterocycles. The molecule has 0 bridgehead atoms. The lowest BCUT2D eigenvalue weighted by molar-refractivity contribution is 0.101. The molecule has 0 aliphatic rings. The van der Waals surface area contributed by atoms with Gasteiger partial charge in [-0.3, -0.25) is 4.79 Å². The molecule has 4 aromatic rings. The Morgan fingerprint density at radius 2 is 1.73 bits per heavy atom. The van der Waals surface area contributed by atoms with Crippen LogP contribution in [0.3, 0.4) is 0 Å². The van der Waals surface area contributed by atoms with Crippen LogP contribution in [0, 0.1) is 6.92 Å². The standard InChI is InChI=1S/C20H15ClN4O/c1-13-22-19(24-25(13)16-11-9-15(21)10-12-16)20(26)23-18-8-4-6-14-5-2-3-7-17(14)18/h2-12H,1H3,(H,23,26). The van der Waals surface area contributed by atoms with E-state index in [1.165, 1.54) is 0 Å². The second-order valence-corrected chi connectivity index (χ2v) is 6.29. The summed E-state index contributed by atoms with van der Waals surface area (Å²) in [7, 11) is 0. The molecule has 0 saturated carbocycles. The summed E-state index contributed by atoms with van der Waals surface area (Å²) < 4.78 is 1.62. The van der Waals surface area contributed by atoms with Crippen LogP contribution in [0.1, 0.15) is 16.4 Å². The number of anilines is 1. The predicted octanol–water partition coefficient (Wildman–Crippen LogP) is 4.63. The number of nitrogens with one attached hydrogen (secondary N) is 1. The van der Waals surface area contributed by atoms with Crippen LogP contribution in [0.4, 0.5) is 5.69 Å². The van der Waals surface area contributed by atoms with Gasteiger partial charge in [0.1, 0.15) is 5.82 Å². The monoisotopic (exact) mass is 362 g/mol. The summed E-state index contributed by atoms with van der Waals surface area (Å²) in [6.45, 7) is 1.80. The number of nitrogens with zero attached hydrogens (tertiary/aromatic N) is 3. The molecule has 0 atom stereocenters. The Kier molecular flexibility index (Phi) is 4.14. The third kappa shape index (κ3) is 3.05. The minimum atomic E-state index is -0.350. The molecule has 0 saturated heterocycles. The van der Waals surface area contributed by atoms with Crippen LogP contribution in [0.15, 0.2) is 66.7 Å². The van der Waals surface area contributed by atoms with Crippen LogP contribution in [0.5, 0.6) is 0 Å². The highest BCUT2D eigenvalue weighted by molar-refractivity contribution is 6.30. The van der Waals surface area contributed by atoms with E-state index in [9.17, 15) is 4.79 Å². The smallest absolute Gasteiger partial charge is 0.295 e. The van der Waals surface area contributed by atoms with Gasteiger partial charge in [0.05, 0.1) is 5.69 Å². The third-order valence-corrected chi connectivity index (χ3v) is 4.33. The fraction of sp³-hybridized carbons (Fsp3) is 0.0500. The molecule has 0 aliphatic carbocycles. The molecule has 1 aromatic heterocycles. The Morgan fingerprint density at radius 1 is 1.00 bits per heavy atom. The molecule has 0 fully saturated rings. The van der Waals surface area contributed by atoms with Gasteiger partial charge in [-0.2, -0.15) is 0 Å². The number of aromatic nitrogens is 3. The van der Waals surface area contributed by atoms with Crippen LogP contribution >= 0.6 is 11.6 Å². The highest BCUT2D eigenvalue weighted by atomic mass is 35.5. The maximum absolute atomic E-state index is 12.6. The lowest BCUT2D eigenvalue weighted by atomic mass is 10.1. The van der Waals surface area contributed by atoms with Gasteiger partial charge < -0.3 is 5.32 Å². The average Bonchev–Trinajstić information content (AvgIpc) is 3.05. The predicted molar refractivity (Wildman–Crippen MR) is 103 cm³/mol. The topological polar surface area (TPSA) is 59.8 Å². The van der Waals surface area contributed by atoms with Crippen molar-refractivity contribution in [3.05, 3.63) is 83.4 Å². The minimum Gasteiger partial charge on any atom is -0.319 e. The van der Waals surface area contributed by atoms with Gasteiger partial charge in [-0.15, -0.1) is 5.10 Å². The van der Waals surface area contributed by atoms with E-state index < -0.39 is 0 Å². The average molecular weight is 363 g/mol. The maximum atomic E-state index is 12.6. The molecule has 0 unspecified atom stereocenters. The first-order valence-electron chi connectivity index (χ1n) is 8.10. The van der Waals surface area contributed by atoms with Gasteiger partial charge in [-0.1, -0.05) is 48.0 Å². The summed E-state index contributed by atoms with van der Waals surface area (Å²) in [5.74, 6) is 0.387. The second-order valence-electron chi connectivity index (χ2n) is 5.85. The van der Waals surface area contributed by atoms with Crippen LogP contribution in [0.25, 0.3) is 16.5 Å². The number of amides is 1. The highest BCUT2D eigenvalue weighted by Gasteiger charge is 2.16. The zero-order chi connectivity index (χ0) is 18.1. The molecule has 26 heavy (non-hydrogen) atoms. The van der Waals surface area contributed by atoms with Gasteiger partial charge in [-0.25, -0.2) is 9.67 Å². The first kappa shape index (κ1) is 16.3. The molecular weight excluding hydrogens is 348 g/mol. The SMILES string of the molecule is Cc1nc(C(=O)Nc2cccc3ccccc23)nn1-c1ccc(Cl)cc1. The van der Waals surface area contributed by atoms with Crippen LogP contribution in [0.2, 0.25) is 5.02 Å². The van der Waals surface area contributed by atoms with Crippen molar-refractivity contribution in [2.45, 2.75) is 6.92 Å². The number of aryl methyl sites for hydroxylation is 1. The van der Waals surface area contributed by atoms with Gasteiger partial charge in [0.15, 0.2) is 0 Å². The third-order valence-electron chi connectivity index (χ3n) is 4.08. The fourth-order valence-corrected chi connectivity index (χ4v) is 2.95. The number of fused-ring (bicyclic) bond motifs is 1. The van der Waals surface area contributed by atoms with Crippen molar-refractivity contribution in [2.75, 3.05) is 5.32 Å². The zero-order valence-electron chi connectivity index (χ0n) is 14.0. The number of carbonyl (C=O) groups is 1. The Morgan fingerprint density at radius 3 is 2.54 bits per heavy atom. The molecule has 0 spiro atoms. The summed E-state index contributed by atoms with van der Waals surface area (Å²) >= 11 is 5.92. The Hall–Kier alpha value is -3.18. The van der Waals surface area contributed by atoms with Crippen molar-refractivity contribution >= 4 is 34.0 Å². The zero-order valence-corrected chi connectivity index (χ0v) is 14.7. The van der Waals surface area contributed by atoms with Gasteiger partial charge in [0.2, 0.25) is 5.82 Å². The maximum Gasteiger partial charge on any atom is 0.295 e. The summed E-state index contributed by atoms with van der Waals surface area (Å²) in [6, 6.07) is 20.9. The van der Waals surface area contributed by atoms with E-state index in [4.69, 9.17) is 11.6 Å². The second kappa shape index (κ2) is 6.61. The lowest BCUT2D eigenvalue weighted by Crippen LogP contribution is -2.14. The highest BCUT2D eigenvalue weighted by Crippen LogP contribution is 2.23. The number of halogens is 1. The molecule has 5 nitrogen and oxygen atoms in total. The summed E-state index contributed by atoms with van der Waals surface area (Å²) in [4.78, 5) is 16.9. The first-order chi connectivity index (χ1) is 12.6. The van der Waals surface area contributed by atoms with Crippen molar-refractivity contribution in [2.24, 2.45) is 0 Å². The number of hydrogen-bond acceptors (Lipinski definition) is 3. The van der Waals surface area contributed by atoms with E-state index in [2.05, 4.69) is 15.4 Å². The van der Waals surface area contributed by atoms with Crippen molar-refractivity contribution in [3.8, 4) is 5.69 Å². The van der Waals surface area contributed by atoms with Crippen molar-refractivity contribution in [1.29, 1.82) is 0 Å². The van der Waals surface area contributed by atoms with E-state index >= 15 is 0 Å². The first-order valence-corrected chi connectivity index (χ1v) is 8.48. The number of carbonyl (C=O) groups excluding carboxylic acids is 1. The van der Waals surface area contributed by atoms with Gasteiger partial charge in [0.25, 0.3) is 5.91 Å². The fourth-order valence-electron chi connectivity index (χ4n) is 2.83. The van der Waals surface area contributed by atoms with E-state index in [-0.39, 0.29) is 11.7 Å². The number of hydrogen-bond donors (Lipinski definition) is 1. The molecule has 1 N–H and O–H groups in total. The van der Waals surface area contributed by atoms with Crippen molar-refractivity contribution < 1.29 is 4.79 Å². The van der Waals surface area contributed by atoms with E-state index in [1.54, 1.807) is 23.7 Å². The van der Waals surface area contributed by atoms with Crippen LogP contribution in [-0.2, 0) is 0 Å². The Balaban J connectivity index is 1.65. The molecular formula is C20H15ClN4O. The molecule has 128 valence electrons. The van der Waals surface area contributed by atoms with E-state index in [0.717, 1.165) is 22.1 Å².